The van der Waals surface area contributed by atoms with E-state index in [-0.39, 0.29) is 5.75 Å². The Balaban J connectivity index is 1.45. The highest BCUT2D eigenvalue weighted by molar-refractivity contribution is 5.66. The van der Waals surface area contributed by atoms with Gasteiger partial charge in [-0.3, -0.25) is 4.90 Å². The van der Waals surface area contributed by atoms with Crippen LogP contribution in [0.2, 0.25) is 0 Å². The van der Waals surface area contributed by atoms with Crippen molar-refractivity contribution in [3.63, 3.8) is 0 Å². The zero-order chi connectivity index (χ0) is 21.8. The molecule has 3 aromatic rings. The maximum Gasteiger partial charge on any atom is 0.163 e. The lowest BCUT2D eigenvalue weighted by molar-refractivity contribution is -0.0290. The SMILES string of the molecule is COc1cc(F)ccc1O[C@@H]1CN(Cc2ccc(-c3ccccc3C#N)o2)CC[C@H]1O. The summed E-state index contributed by atoms with van der Waals surface area (Å²) in [5.74, 6) is 1.67. The number of nitriles is 1. The highest BCUT2D eigenvalue weighted by Gasteiger charge is 2.30. The number of methoxy groups -OCH3 is 1. The van der Waals surface area contributed by atoms with Crippen molar-refractivity contribution in [3.8, 4) is 28.9 Å². The van der Waals surface area contributed by atoms with Crippen LogP contribution >= 0.6 is 0 Å². The summed E-state index contributed by atoms with van der Waals surface area (Å²) in [5.41, 5.74) is 1.32. The monoisotopic (exact) mass is 422 g/mol. The Hall–Kier alpha value is -3.34. The number of aliphatic hydroxyl groups excluding tert-OH is 1. The molecule has 2 heterocycles. The Morgan fingerprint density at radius 3 is 2.84 bits per heavy atom. The van der Waals surface area contributed by atoms with E-state index in [9.17, 15) is 14.8 Å². The number of likely N-dealkylation sites (tertiary alicyclic amines) is 1. The first-order chi connectivity index (χ1) is 15.1. The van der Waals surface area contributed by atoms with Gasteiger partial charge in [-0.25, -0.2) is 4.39 Å². The van der Waals surface area contributed by atoms with E-state index in [0.717, 1.165) is 11.3 Å². The largest absolute Gasteiger partial charge is 0.493 e. The molecule has 1 N–H and O–H groups in total. The van der Waals surface area contributed by atoms with Crippen LogP contribution in [0.1, 0.15) is 17.7 Å². The number of hydrogen-bond acceptors (Lipinski definition) is 6. The number of ether oxygens (including phenoxy) is 2. The lowest BCUT2D eigenvalue weighted by atomic mass is 10.0. The van der Waals surface area contributed by atoms with Crippen LogP contribution in [0, 0.1) is 17.1 Å². The summed E-state index contributed by atoms with van der Waals surface area (Å²) in [7, 11) is 1.45. The van der Waals surface area contributed by atoms with Crippen LogP contribution < -0.4 is 9.47 Å². The minimum atomic E-state index is -0.638. The molecule has 1 aromatic heterocycles. The number of hydrogen-bond donors (Lipinski definition) is 1. The molecule has 160 valence electrons. The molecule has 1 fully saturated rings. The first-order valence-electron chi connectivity index (χ1n) is 10.1. The van der Waals surface area contributed by atoms with Gasteiger partial charge in [-0.05, 0) is 42.8 Å². The standard InChI is InChI=1S/C24H23FN2O4/c1-29-23-12-17(25)6-8-22(23)31-24-15-27(11-10-20(24)28)14-18-7-9-21(30-18)19-5-3-2-4-16(19)13-26/h2-9,12,20,24,28H,10-11,14-15H2,1H3/t20-,24-/m1/s1. The molecular weight excluding hydrogens is 399 g/mol. The molecule has 0 radical (unpaired) electrons. The fourth-order valence-corrected chi connectivity index (χ4v) is 3.75. The topological polar surface area (TPSA) is 78.9 Å². The maximum absolute atomic E-state index is 13.4. The van der Waals surface area contributed by atoms with Crippen molar-refractivity contribution in [2.45, 2.75) is 25.2 Å². The van der Waals surface area contributed by atoms with Crippen LogP contribution in [0.25, 0.3) is 11.3 Å². The van der Waals surface area contributed by atoms with Gasteiger partial charge in [0.05, 0.1) is 31.4 Å². The van der Waals surface area contributed by atoms with E-state index in [1.807, 2.05) is 30.3 Å². The third kappa shape index (κ3) is 4.71. The number of aliphatic hydroxyl groups is 1. The van der Waals surface area contributed by atoms with Gasteiger partial charge in [0, 0.05) is 24.7 Å². The number of benzene rings is 2. The number of nitrogens with zero attached hydrogens (tertiary/aromatic N) is 2. The first-order valence-corrected chi connectivity index (χ1v) is 10.1. The average molecular weight is 422 g/mol. The van der Waals surface area contributed by atoms with Crippen LogP contribution in [0.5, 0.6) is 11.5 Å². The van der Waals surface area contributed by atoms with Gasteiger partial charge in [-0.2, -0.15) is 5.26 Å². The van der Waals surface area contributed by atoms with Crippen molar-refractivity contribution >= 4 is 0 Å². The van der Waals surface area contributed by atoms with Gasteiger partial charge in [0.25, 0.3) is 0 Å². The smallest absolute Gasteiger partial charge is 0.163 e. The summed E-state index contributed by atoms with van der Waals surface area (Å²) in [6.07, 6.45) is -0.582. The van der Waals surface area contributed by atoms with Crippen molar-refractivity contribution in [1.29, 1.82) is 5.26 Å². The third-order valence-corrected chi connectivity index (χ3v) is 5.37. The predicted octanol–water partition coefficient (Wildman–Crippen LogP) is 3.98. The second-order valence-electron chi connectivity index (χ2n) is 7.47. The zero-order valence-corrected chi connectivity index (χ0v) is 17.1. The fraction of sp³-hybridized carbons (Fsp3) is 0.292. The van der Waals surface area contributed by atoms with Crippen LogP contribution in [-0.2, 0) is 6.54 Å². The molecule has 1 saturated heterocycles. The van der Waals surface area contributed by atoms with E-state index in [4.69, 9.17) is 13.9 Å². The number of furan rings is 1. The minimum absolute atomic E-state index is 0.288. The molecular formula is C24H23FN2O4. The van der Waals surface area contributed by atoms with Crippen LogP contribution in [0.3, 0.4) is 0 Å². The summed E-state index contributed by atoms with van der Waals surface area (Å²) >= 11 is 0. The molecule has 0 aliphatic carbocycles. The Labute approximate surface area is 180 Å². The average Bonchev–Trinajstić information content (AvgIpc) is 3.25. The molecule has 0 saturated carbocycles. The highest BCUT2D eigenvalue weighted by atomic mass is 19.1. The van der Waals surface area contributed by atoms with Gasteiger partial charge in [0.1, 0.15) is 23.4 Å². The molecule has 1 aliphatic rings. The van der Waals surface area contributed by atoms with E-state index >= 15 is 0 Å². The number of halogens is 1. The van der Waals surface area contributed by atoms with Crippen molar-refractivity contribution in [1.82, 2.24) is 4.90 Å². The highest BCUT2D eigenvalue weighted by Crippen LogP contribution is 2.31. The van der Waals surface area contributed by atoms with Crippen molar-refractivity contribution < 1.29 is 23.4 Å². The first kappa shape index (κ1) is 20.9. The number of rotatable bonds is 6. The molecule has 6 nitrogen and oxygen atoms in total. The van der Waals surface area contributed by atoms with Gasteiger partial charge in [0.2, 0.25) is 0 Å². The van der Waals surface area contributed by atoms with Gasteiger partial charge < -0.3 is 19.0 Å². The van der Waals surface area contributed by atoms with Crippen molar-refractivity contribution in [3.05, 3.63) is 71.7 Å². The van der Waals surface area contributed by atoms with Gasteiger partial charge in [-0.1, -0.05) is 12.1 Å². The van der Waals surface area contributed by atoms with Crippen molar-refractivity contribution in [2.75, 3.05) is 20.2 Å². The molecule has 2 atom stereocenters. The molecule has 2 aromatic carbocycles. The molecule has 4 rings (SSSR count). The van der Waals surface area contributed by atoms with Crippen LogP contribution in [0.4, 0.5) is 4.39 Å². The molecule has 7 heteroatoms. The molecule has 1 aliphatic heterocycles. The lowest BCUT2D eigenvalue weighted by Crippen LogP contribution is -2.49. The summed E-state index contributed by atoms with van der Waals surface area (Å²) in [6.45, 7) is 1.71. The molecule has 0 bridgehead atoms. The van der Waals surface area contributed by atoms with E-state index in [2.05, 4.69) is 11.0 Å². The number of piperidine rings is 1. The molecule has 0 spiro atoms. The predicted molar refractivity (Wildman–Crippen MR) is 112 cm³/mol. The van der Waals surface area contributed by atoms with E-state index in [0.29, 0.717) is 43.1 Å². The van der Waals surface area contributed by atoms with Gasteiger partial charge >= 0.3 is 0 Å². The zero-order valence-electron chi connectivity index (χ0n) is 17.1. The quantitative estimate of drug-likeness (QED) is 0.647. The van der Waals surface area contributed by atoms with Gasteiger partial charge in [0.15, 0.2) is 11.5 Å². The van der Waals surface area contributed by atoms with Crippen LogP contribution in [-0.4, -0.2) is 42.4 Å². The summed E-state index contributed by atoms with van der Waals surface area (Å²) in [5, 5.41) is 19.7. The van der Waals surface area contributed by atoms with E-state index in [1.165, 1.54) is 25.3 Å². The maximum atomic E-state index is 13.4. The summed E-state index contributed by atoms with van der Waals surface area (Å²) in [4.78, 5) is 2.13. The van der Waals surface area contributed by atoms with E-state index in [1.54, 1.807) is 6.07 Å². The molecule has 0 amide bonds. The second kappa shape index (κ2) is 9.21. The second-order valence-corrected chi connectivity index (χ2v) is 7.47. The fourth-order valence-electron chi connectivity index (χ4n) is 3.75. The van der Waals surface area contributed by atoms with Gasteiger partial charge in [-0.15, -0.1) is 0 Å². The summed E-state index contributed by atoms with van der Waals surface area (Å²) < 4.78 is 30.6. The third-order valence-electron chi connectivity index (χ3n) is 5.37. The van der Waals surface area contributed by atoms with E-state index < -0.39 is 18.0 Å². The summed E-state index contributed by atoms with van der Waals surface area (Å²) in [6, 6.07) is 17.3. The lowest BCUT2D eigenvalue weighted by Gasteiger charge is -2.35. The van der Waals surface area contributed by atoms with Crippen molar-refractivity contribution in [2.24, 2.45) is 0 Å². The Morgan fingerprint density at radius 2 is 2.03 bits per heavy atom. The molecule has 0 unspecified atom stereocenters. The normalized spacial score (nSPS) is 19.0. The molecule has 31 heavy (non-hydrogen) atoms. The Morgan fingerprint density at radius 1 is 1.19 bits per heavy atom. The van der Waals surface area contributed by atoms with Crippen LogP contribution in [0.15, 0.2) is 59.0 Å². The minimum Gasteiger partial charge on any atom is -0.493 e. The Bertz CT molecular complexity index is 1090. The Kier molecular flexibility index (Phi) is 6.21.